The number of carbonyl (C=O) groups excluding carboxylic acids is 3. The third kappa shape index (κ3) is 5.00. The van der Waals surface area contributed by atoms with Crippen LogP contribution in [0.3, 0.4) is 0 Å². The van der Waals surface area contributed by atoms with Crippen molar-refractivity contribution >= 4 is 35.2 Å². The lowest BCUT2D eigenvalue weighted by Gasteiger charge is -2.36. The molecule has 1 unspecified atom stereocenters. The van der Waals surface area contributed by atoms with E-state index in [2.05, 4.69) is 5.32 Å². The Morgan fingerprint density at radius 1 is 1.10 bits per heavy atom. The number of methoxy groups -OCH3 is 1. The molecule has 1 saturated carbocycles. The number of nitrogens with zero attached hydrogens (tertiary/aromatic N) is 2. The van der Waals surface area contributed by atoms with Gasteiger partial charge in [0.05, 0.1) is 12.8 Å². The predicted octanol–water partition coefficient (Wildman–Crippen LogP) is 2.96. The highest BCUT2D eigenvalue weighted by Crippen LogP contribution is 2.42. The molecule has 1 aromatic rings. The summed E-state index contributed by atoms with van der Waals surface area (Å²) in [4.78, 5) is 43.5. The molecule has 2 heterocycles. The average molecular weight is 446 g/mol. The maximum absolute atomic E-state index is 13.4. The number of ether oxygens (including phenoxy) is 1. The largest absolute Gasteiger partial charge is 0.497 e. The average Bonchev–Trinajstić information content (AvgIpc) is 2.81. The van der Waals surface area contributed by atoms with Crippen molar-refractivity contribution in [3.05, 3.63) is 18.2 Å². The predicted molar refractivity (Wildman–Crippen MR) is 120 cm³/mol. The molecule has 1 N–H and O–H groups in total. The van der Waals surface area contributed by atoms with Gasteiger partial charge in [-0.3, -0.25) is 14.4 Å². The van der Waals surface area contributed by atoms with Gasteiger partial charge < -0.3 is 19.9 Å². The Kier molecular flexibility index (Phi) is 7.05. The van der Waals surface area contributed by atoms with Gasteiger partial charge in [0.2, 0.25) is 11.8 Å². The second kappa shape index (κ2) is 9.94. The maximum atomic E-state index is 13.4. The highest BCUT2D eigenvalue weighted by Gasteiger charge is 2.41. The summed E-state index contributed by atoms with van der Waals surface area (Å²) >= 11 is 1.28. The summed E-state index contributed by atoms with van der Waals surface area (Å²) in [5.41, 5.74) is 0.635. The molecule has 0 aromatic heterocycles. The topological polar surface area (TPSA) is 79.0 Å². The van der Waals surface area contributed by atoms with Gasteiger partial charge in [0.15, 0.2) is 5.25 Å². The van der Waals surface area contributed by atoms with Crippen molar-refractivity contribution in [1.82, 2.24) is 10.2 Å². The van der Waals surface area contributed by atoms with Crippen molar-refractivity contribution in [3.8, 4) is 5.75 Å². The minimum atomic E-state index is -0.846. The van der Waals surface area contributed by atoms with Crippen LogP contribution in [0, 0.1) is 0 Å². The first-order valence-electron chi connectivity index (χ1n) is 11.3. The number of amides is 3. The standard InChI is InChI=1S/C23H31N3O4S/c1-30-17-10-11-19-18(14-17)26(15-20(27)24-16-8-4-2-5-9-16)23(29)21(31-19)22(28)25-12-6-3-7-13-25/h10-11,14,16,21H,2-9,12-13,15H2,1H3,(H,24,27). The number of hydrogen-bond acceptors (Lipinski definition) is 5. The van der Waals surface area contributed by atoms with E-state index in [0.717, 1.165) is 49.8 Å². The van der Waals surface area contributed by atoms with Gasteiger partial charge >= 0.3 is 0 Å². The number of anilines is 1. The van der Waals surface area contributed by atoms with E-state index in [9.17, 15) is 14.4 Å². The lowest BCUT2D eigenvalue weighted by molar-refractivity contribution is -0.136. The van der Waals surface area contributed by atoms with Crippen molar-refractivity contribution < 1.29 is 19.1 Å². The molecule has 2 fully saturated rings. The Hall–Kier alpha value is -2.22. The molecule has 0 spiro atoms. The Morgan fingerprint density at radius 3 is 2.52 bits per heavy atom. The lowest BCUT2D eigenvalue weighted by Crippen LogP contribution is -2.53. The number of carbonyl (C=O) groups is 3. The molecule has 31 heavy (non-hydrogen) atoms. The summed E-state index contributed by atoms with van der Waals surface area (Å²) in [7, 11) is 1.57. The van der Waals surface area contributed by atoms with Crippen molar-refractivity contribution in [2.24, 2.45) is 0 Å². The van der Waals surface area contributed by atoms with Crippen LogP contribution in [0.1, 0.15) is 51.4 Å². The van der Waals surface area contributed by atoms with Gasteiger partial charge in [-0.15, -0.1) is 11.8 Å². The van der Waals surface area contributed by atoms with Gasteiger partial charge in [-0.05, 0) is 44.2 Å². The Bertz CT molecular complexity index is 834. The summed E-state index contributed by atoms with van der Waals surface area (Å²) in [6.45, 7) is 1.31. The van der Waals surface area contributed by atoms with Crippen molar-refractivity contribution in [2.75, 3.05) is 31.6 Å². The SMILES string of the molecule is COc1ccc2c(c1)N(CC(=O)NC1CCCCC1)C(=O)C(C(=O)N1CCCCC1)S2. The van der Waals surface area contributed by atoms with Crippen LogP contribution in [-0.2, 0) is 14.4 Å². The van der Waals surface area contributed by atoms with Crippen LogP contribution in [0.15, 0.2) is 23.1 Å². The van der Waals surface area contributed by atoms with Crippen LogP contribution >= 0.6 is 11.8 Å². The Labute approximate surface area is 187 Å². The van der Waals surface area contributed by atoms with Crippen molar-refractivity contribution in [2.45, 2.75) is 67.6 Å². The van der Waals surface area contributed by atoms with Gasteiger partial charge in [-0.25, -0.2) is 0 Å². The molecular formula is C23H31N3O4S. The molecule has 0 bridgehead atoms. The molecule has 4 rings (SSSR count). The highest BCUT2D eigenvalue weighted by molar-refractivity contribution is 8.01. The van der Waals surface area contributed by atoms with E-state index < -0.39 is 5.25 Å². The van der Waals surface area contributed by atoms with E-state index in [4.69, 9.17) is 4.74 Å². The van der Waals surface area contributed by atoms with Crippen molar-refractivity contribution in [3.63, 3.8) is 0 Å². The van der Waals surface area contributed by atoms with Crippen molar-refractivity contribution in [1.29, 1.82) is 0 Å². The fourth-order valence-electron chi connectivity index (χ4n) is 4.64. The first-order chi connectivity index (χ1) is 15.1. The van der Waals surface area contributed by atoms with Gasteiger partial charge in [0.25, 0.3) is 5.91 Å². The minimum Gasteiger partial charge on any atom is -0.497 e. The molecule has 8 heteroatoms. The number of rotatable bonds is 5. The van der Waals surface area contributed by atoms with Crippen LogP contribution in [0.25, 0.3) is 0 Å². The molecule has 1 atom stereocenters. The van der Waals surface area contributed by atoms with E-state index in [0.29, 0.717) is 24.5 Å². The molecule has 3 amide bonds. The Morgan fingerprint density at radius 2 is 1.81 bits per heavy atom. The maximum Gasteiger partial charge on any atom is 0.250 e. The fourth-order valence-corrected chi connectivity index (χ4v) is 5.80. The van der Waals surface area contributed by atoms with Gasteiger partial charge in [0.1, 0.15) is 12.3 Å². The zero-order chi connectivity index (χ0) is 21.8. The van der Waals surface area contributed by atoms with E-state index >= 15 is 0 Å². The number of likely N-dealkylation sites (tertiary alicyclic amines) is 1. The highest BCUT2D eigenvalue weighted by atomic mass is 32.2. The van der Waals surface area contributed by atoms with Crippen LogP contribution < -0.4 is 15.0 Å². The smallest absolute Gasteiger partial charge is 0.250 e. The summed E-state index contributed by atoms with van der Waals surface area (Å²) < 4.78 is 5.34. The second-order valence-electron chi connectivity index (χ2n) is 8.54. The van der Waals surface area contributed by atoms with E-state index in [-0.39, 0.29) is 30.3 Å². The monoisotopic (exact) mass is 445 g/mol. The number of piperidine rings is 1. The van der Waals surface area contributed by atoms with Gasteiger partial charge in [-0.2, -0.15) is 0 Å². The molecule has 1 aromatic carbocycles. The summed E-state index contributed by atoms with van der Waals surface area (Å²) in [5, 5.41) is 2.24. The van der Waals surface area contributed by atoms with Gasteiger partial charge in [-0.1, -0.05) is 19.3 Å². The van der Waals surface area contributed by atoms with Crippen LogP contribution in [0.4, 0.5) is 5.69 Å². The third-order valence-corrected chi connectivity index (χ3v) is 7.59. The number of benzene rings is 1. The fraction of sp³-hybridized carbons (Fsp3) is 0.609. The number of thioether (sulfide) groups is 1. The molecule has 3 aliphatic rings. The molecule has 7 nitrogen and oxygen atoms in total. The van der Waals surface area contributed by atoms with Gasteiger partial charge in [0, 0.05) is 30.1 Å². The van der Waals surface area contributed by atoms with E-state index in [1.807, 2.05) is 12.1 Å². The number of fused-ring (bicyclic) bond motifs is 1. The quantitative estimate of drug-likeness (QED) is 0.705. The number of hydrogen-bond donors (Lipinski definition) is 1. The molecular weight excluding hydrogens is 414 g/mol. The molecule has 2 aliphatic heterocycles. The zero-order valence-corrected chi connectivity index (χ0v) is 18.9. The molecule has 0 radical (unpaired) electrons. The second-order valence-corrected chi connectivity index (χ2v) is 9.69. The third-order valence-electron chi connectivity index (χ3n) is 6.36. The molecule has 168 valence electrons. The summed E-state index contributed by atoms with van der Waals surface area (Å²) in [6, 6.07) is 5.64. The van der Waals surface area contributed by atoms with Crippen LogP contribution in [-0.4, -0.2) is 60.7 Å². The molecule has 1 saturated heterocycles. The van der Waals surface area contributed by atoms with Crippen LogP contribution in [0.5, 0.6) is 5.75 Å². The van der Waals surface area contributed by atoms with E-state index in [1.54, 1.807) is 18.1 Å². The normalized spacial score (nSPS) is 22.1. The van der Waals surface area contributed by atoms with Crippen LogP contribution in [0.2, 0.25) is 0 Å². The lowest BCUT2D eigenvalue weighted by atomic mass is 9.95. The zero-order valence-electron chi connectivity index (χ0n) is 18.1. The molecule has 1 aliphatic carbocycles. The Balaban J connectivity index is 1.55. The summed E-state index contributed by atoms with van der Waals surface area (Å²) in [5.74, 6) is -0.0234. The number of nitrogens with one attached hydrogen (secondary N) is 1. The summed E-state index contributed by atoms with van der Waals surface area (Å²) in [6.07, 6.45) is 8.48. The minimum absolute atomic E-state index is 0.0835. The first-order valence-corrected chi connectivity index (χ1v) is 12.2. The first kappa shape index (κ1) is 22.0. The van der Waals surface area contributed by atoms with E-state index in [1.165, 1.54) is 23.1 Å².